The summed E-state index contributed by atoms with van der Waals surface area (Å²) in [6, 6.07) is 0.220. The van der Waals surface area contributed by atoms with Crippen molar-refractivity contribution in [2.24, 2.45) is 0 Å². The van der Waals surface area contributed by atoms with E-state index in [0.29, 0.717) is 10.6 Å². The molecule has 0 spiro atoms. The van der Waals surface area contributed by atoms with Crippen molar-refractivity contribution in [3.05, 3.63) is 14.2 Å². The topological polar surface area (TPSA) is 50.4 Å². The Balaban J connectivity index is 0.00000180. The van der Waals surface area contributed by atoms with Crippen molar-refractivity contribution >= 4 is 45.6 Å². The van der Waals surface area contributed by atoms with E-state index < -0.39 is 0 Å². The average Bonchev–Trinajstić information content (AvgIpc) is 2.67. The summed E-state index contributed by atoms with van der Waals surface area (Å²) in [6.45, 7) is 3.86. The Labute approximate surface area is 131 Å². The molecule has 1 aromatic rings. The lowest BCUT2D eigenvalue weighted by Gasteiger charge is -2.23. The maximum absolute atomic E-state index is 12.2. The summed E-state index contributed by atoms with van der Waals surface area (Å²) in [5, 5.41) is 6.34. The fourth-order valence-corrected chi connectivity index (χ4v) is 3.71. The molecule has 1 saturated heterocycles. The Bertz CT molecular complexity index is 447. The largest absolute Gasteiger partial charge is 0.494 e. The lowest BCUT2D eigenvalue weighted by molar-refractivity contribution is 0.0932. The molecule has 2 rings (SSSR count). The zero-order valence-corrected chi connectivity index (χ0v) is 14.1. The number of halogens is 2. The molecular weight excluding hydrogens is 352 g/mol. The zero-order chi connectivity index (χ0) is 13.1. The first kappa shape index (κ1) is 16.8. The molecule has 1 fully saturated rings. The van der Waals surface area contributed by atoms with Crippen LogP contribution in [0, 0.1) is 6.92 Å². The van der Waals surface area contributed by atoms with Crippen molar-refractivity contribution in [2.75, 3.05) is 20.2 Å². The highest BCUT2D eigenvalue weighted by atomic mass is 79.9. The number of carbonyl (C=O) groups excluding carboxylic acids is 1. The second-order valence-corrected chi connectivity index (χ2v) is 6.37. The highest BCUT2D eigenvalue weighted by Crippen LogP contribution is 2.39. The van der Waals surface area contributed by atoms with Gasteiger partial charge in [0.25, 0.3) is 5.91 Å². The van der Waals surface area contributed by atoms with Gasteiger partial charge in [0.05, 0.1) is 11.6 Å². The van der Waals surface area contributed by atoms with Crippen LogP contribution in [0.2, 0.25) is 0 Å². The van der Waals surface area contributed by atoms with Gasteiger partial charge in [-0.25, -0.2) is 0 Å². The first-order chi connectivity index (χ1) is 8.63. The molecule has 0 saturated carbocycles. The van der Waals surface area contributed by atoms with E-state index in [0.717, 1.165) is 35.3 Å². The van der Waals surface area contributed by atoms with Gasteiger partial charge >= 0.3 is 0 Å². The predicted molar refractivity (Wildman–Crippen MR) is 83.9 cm³/mol. The Kier molecular flexibility index (Phi) is 6.59. The van der Waals surface area contributed by atoms with Crippen LogP contribution in [0.15, 0.2) is 4.47 Å². The molecule has 1 amide bonds. The Morgan fingerprint density at radius 3 is 2.89 bits per heavy atom. The summed E-state index contributed by atoms with van der Waals surface area (Å²) in [5.41, 5.74) is 0. The van der Waals surface area contributed by atoms with Crippen LogP contribution in [0.4, 0.5) is 0 Å². The van der Waals surface area contributed by atoms with Gasteiger partial charge in [0, 0.05) is 17.5 Å². The minimum atomic E-state index is -0.0423. The number of hydrogen-bond acceptors (Lipinski definition) is 4. The Hall–Kier alpha value is -0.300. The van der Waals surface area contributed by atoms with E-state index >= 15 is 0 Å². The number of nitrogens with one attached hydrogen (secondary N) is 2. The molecule has 0 radical (unpaired) electrons. The predicted octanol–water partition coefficient (Wildman–Crippen LogP) is 2.73. The van der Waals surface area contributed by atoms with Crippen LogP contribution >= 0.6 is 39.7 Å². The third-order valence-corrected chi connectivity index (χ3v) is 5.31. The fraction of sp³-hybridized carbons (Fsp3) is 0.583. The van der Waals surface area contributed by atoms with E-state index in [1.54, 1.807) is 7.11 Å². The van der Waals surface area contributed by atoms with E-state index in [-0.39, 0.29) is 24.4 Å². The van der Waals surface area contributed by atoms with Crippen molar-refractivity contribution < 1.29 is 9.53 Å². The van der Waals surface area contributed by atoms with Crippen molar-refractivity contribution in [1.29, 1.82) is 0 Å². The SMILES string of the molecule is COc1c(C(=O)NC2CCCNC2)sc(C)c1Br.Cl. The standard InChI is InChI=1S/C12H17BrN2O2S.ClH/c1-7-9(13)10(17-2)11(18-7)12(16)15-8-4-3-5-14-6-8;/h8,14H,3-6H2,1-2H3,(H,15,16);1H. The smallest absolute Gasteiger partial charge is 0.265 e. The molecule has 2 heterocycles. The third-order valence-electron chi connectivity index (χ3n) is 3.01. The monoisotopic (exact) mass is 368 g/mol. The second kappa shape index (κ2) is 7.47. The van der Waals surface area contributed by atoms with E-state index in [9.17, 15) is 4.79 Å². The van der Waals surface area contributed by atoms with Gasteiger partial charge in [-0.1, -0.05) is 0 Å². The molecule has 4 nitrogen and oxygen atoms in total. The van der Waals surface area contributed by atoms with Gasteiger partial charge in [-0.3, -0.25) is 4.79 Å². The molecule has 1 aliphatic rings. The molecule has 7 heteroatoms. The van der Waals surface area contributed by atoms with Crippen LogP contribution in [0.25, 0.3) is 0 Å². The number of ether oxygens (including phenoxy) is 1. The first-order valence-corrected chi connectivity index (χ1v) is 7.59. The zero-order valence-electron chi connectivity index (χ0n) is 10.9. The first-order valence-electron chi connectivity index (χ1n) is 5.98. The number of piperidine rings is 1. The highest BCUT2D eigenvalue weighted by molar-refractivity contribution is 9.10. The van der Waals surface area contributed by atoms with Crippen LogP contribution in [-0.2, 0) is 0 Å². The molecule has 1 unspecified atom stereocenters. The van der Waals surface area contributed by atoms with Crippen molar-refractivity contribution in [3.63, 3.8) is 0 Å². The van der Waals surface area contributed by atoms with Crippen LogP contribution in [0.5, 0.6) is 5.75 Å². The van der Waals surface area contributed by atoms with Gasteiger partial charge in [0.1, 0.15) is 4.88 Å². The Morgan fingerprint density at radius 2 is 2.32 bits per heavy atom. The van der Waals surface area contributed by atoms with Crippen LogP contribution in [-0.4, -0.2) is 32.1 Å². The number of amides is 1. The average molecular weight is 370 g/mol. The molecule has 19 heavy (non-hydrogen) atoms. The Morgan fingerprint density at radius 1 is 1.58 bits per heavy atom. The number of aryl methyl sites for hydroxylation is 1. The van der Waals surface area contributed by atoms with Crippen molar-refractivity contribution in [1.82, 2.24) is 10.6 Å². The quantitative estimate of drug-likeness (QED) is 0.861. The lowest BCUT2D eigenvalue weighted by Crippen LogP contribution is -2.45. The van der Waals surface area contributed by atoms with Gasteiger partial charge in [-0.15, -0.1) is 23.7 Å². The van der Waals surface area contributed by atoms with Crippen molar-refractivity contribution in [3.8, 4) is 5.75 Å². The lowest BCUT2D eigenvalue weighted by atomic mass is 10.1. The van der Waals surface area contributed by atoms with E-state index in [1.807, 2.05) is 6.92 Å². The van der Waals surface area contributed by atoms with Crippen molar-refractivity contribution in [2.45, 2.75) is 25.8 Å². The molecule has 1 atom stereocenters. The van der Waals surface area contributed by atoms with Crippen LogP contribution in [0.1, 0.15) is 27.4 Å². The van der Waals surface area contributed by atoms with Gasteiger partial charge in [0.15, 0.2) is 5.75 Å². The highest BCUT2D eigenvalue weighted by Gasteiger charge is 2.23. The van der Waals surface area contributed by atoms with Gasteiger partial charge in [0.2, 0.25) is 0 Å². The minimum Gasteiger partial charge on any atom is -0.494 e. The number of thiophene rings is 1. The van der Waals surface area contributed by atoms with E-state index in [2.05, 4.69) is 26.6 Å². The van der Waals surface area contributed by atoms with E-state index in [4.69, 9.17) is 4.74 Å². The minimum absolute atomic E-state index is 0. The molecule has 0 aromatic carbocycles. The maximum Gasteiger partial charge on any atom is 0.265 e. The third kappa shape index (κ3) is 3.84. The summed E-state index contributed by atoms with van der Waals surface area (Å²) in [5.74, 6) is 0.595. The normalized spacial score (nSPS) is 18.6. The fourth-order valence-electron chi connectivity index (χ4n) is 2.06. The van der Waals surface area contributed by atoms with Crippen LogP contribution < -0.4 is 15.4 Å². The van der Waals surface area contributed by atoms with Crippen LogP contribution in [0.3, 0.4) is 0 Å². The molecular formula is C12H18BrClN2O2S. The molecule has 2 N–H and O–H groups in total. The summed E-state index contributed by atoms with van der Waals surface area (Å²) in [4.78, 5) is 13.9. The number of rotatable bonds is 3. The van der Waals surface area contributed by atoms with Gasteiger partial charge < -0.3 is 15.4 Å². The molecule has 0 bridgehead atoms. The number of methoxy groups -OCH3 is 1. The number of carbonyl (C=O) groups is 1. The van der Waals surface area contributed by atoms with Gasteiger partial charge in [-0.2, -0.15) is 0 Å². The number of hydrogen-bond donors (Lipinski definition) is 2. The summed E-state index contributed by atoms with van der Waals surface area (Å²) >= 11 is 4.91. The molecule has 108 valence electrons. The maximum atomic E-state index is 12.2. The summed E-state index contributed by atoms with van der Waals surface area (Å²) in [6.07, 6.45) is 2.14. The summed E-state index contributed by atoms with van der Waals surface area (Å²) in [7, 11) is 1.59. The summed E-state index contributed by atoms with van der Waals surface area (Å²) < 4.78 is 6.17. The van der Waals surface area contributed by atoms with Gasteiger partial charge in [-0.05, 0) is 42.2 Å². The molecule has 1 aliphatic heterocycles. The molecule has 0 aliphatic carbocycles. The van der Waals surface area contributed by atoms with E-state index in [1.165, 1.54) is 11.3 Å². The molecule has 1 aromatic heterocycles. The second-order valence-electron chi connectivity index (χ2n) is 4.35.